The van der Waals surface area contributed by atoms with Gasteiger partial charge in [-0.25, -0.2) is 9.18 Å². The van der Waals surface area contributed by atoms with E-state index < -0.39 is 17.8 Å². The normalized spacial score (nSPS) is 11.9. The van der Waals surface area contributed by atoms with Crippen LogP contribution in [-0.4, -0.2) is 11.1 Å². The summed E-state index contributed by atoms with van der Waals surface area (Å²) in [5.41, 5.74) is 0.487. The first-order valence-corrected chi connectivity index (χ1v) is 6.43. The summed E-state index contributed by atoms with van der Waals surface area (Å²) in [6, 6.07) is 9.16. The van der Waals surface area contributed by atoms with E-state index in [1.807, 2.05) is 0 Å². The molecule has 0 aromatic heterocycles. The number of carbonyl (C=O) groups is 1. The summed E-state index contributed by atoms with van der Waals surface area (Å²) in [6.07, 6.45) is 0. The van der Waals surface area contributed by atoms with Gasteiger partial charge in [-0.1, -0.05) is 35.3 Å². The van der Waals surface area contributed by atoms with Gasteiger partial charge in [0.05, 0.1) is 0 Å². The lowest BCUT2D eigenvalue weighted by atomic mass is 10.1. The van der Waals surface area contributed by atoms with Crippen LogP contribution in [0, 0.1) is 5.82 Å². The lowest BCUT2D eigenvalue weighted by Gasteiger charge is -2.17. The van der Waals surface area contributed by atoms with Gasteiger partial charge in [0.2, 0.25) is 0 Å². The van der Waals surface area contributed by atoms with E-state index in [9.17, 15) is 14.3 Å². The summed E-state index contributed by atoms with van der Waals surface area (Å²) in [5, 5.41) is 12.6. The van der Waals surface area contributed by atoms with Crippen molar-refractivity contribution in [3.05, 3.63) is 63.9 Å². The van der Waals surface area contributed by atoms with Crippen molar-refractivity contribution >= 4 is 34.9 Å². The number of anilines is 1. The van der Waals surface area contributed by atoms with Gasteiger partial charge in [-0.2, -0.15) is 0 Å². The summed E-state index contributed by atoms with van der Waals surface area (Å²) in [4.78, 5) is 11.3. The van der Waals surface area contributed by atoms with E-state index in [1.165, 1.54) is 12.1 Å². The molecule has 2 aromatic rings. The van der Waals surface area contributed by atoms with Crippen molar-refractivity contribution in [2.45, 2.75) is 6.04 Å². The Balaban J connectivity index is 2.34. The number of carboxylic acid groups (broad SMARTS) is 1. The van der Waals surface area contributed by atoms with Crippen LogP contribution >= 0.6 is 23.2 Å². The molecule has 2 N–H and O–H groups in total. The zero-order chi connectivity index (χ0) is 14.7. The molecule has 104 valence electrons. The Morgan fingerprint density at radius 2 is 1.85 bits per heavy atom. The number of benzene rings is 2. The van der Waals surface area contributed by atoms with Crippen LogP contribution in [0.4, 0.5) is 10.1 Å². The molecular weight excluding hydrogens is 304 g/mol. The lowest BCUT2D eigenvalue weighted by Crippen LogP contribution is -2.21. The van der Waals surface area contributed by atoms with Crippen LogP contribution < -0.4 is 5.32 Å². The Morgan fingerprint density at radius 3 is 2.45 bits per heavy atom. The number of aliphatic carboxylic acids is 1. The number of carboxylic acids is 1. The molecular formula is C14H10Cl2FNO2. The SMILES string of the molecule is O=C(O)C(Nc1cccc(Cl)c1)c1ccc(Cl)cc1F. The van der Waals surface area contributed by atoms with Crippen LogP contribution in [0.15, 0.2) is 42.5 Å². The fourth-order valence-electron chi connectivity index (χ4n) is 1.75. The number of rotatable bonds is 4. The summed E-state index contributed by atoms with van der Waals surface area (Å²) in [7, 11) is 0. The molecule has 0 aliphatic heterocycles. The molecule has 0 heterocycles. The van der Waals surface area contributed by atoms with Gasteiger partial charge in [0.25, 0.3) is 0 Å². The minimum Gasteiger partial charge on any atom is -0.479 e. The van der Waals surface area contributed by atoms with Gasteiger partial charge in [-0.05, 0) is 30.3 Å². The second kappa shape index (κ2) is 6.11. The number of hydrogen-bond acceptors (Lipinski definition) is 2. The highest BCUT2D eigenvalue weighted by molar-refractivity contribution is 6.31. The van der Waals surface area contributed by atoms with Crippen molar-refractivity contribution in [1.82, 2.24) is 0 Å². The molecule has 6 heteroatoms. The molecule has 0 bridgehead atoms. The maximum atomic E-state index is 13.8. The third kappa shape index (κ3) is 3.40. The third-order valence-electron chi connectivity index (χ3n) is 2.66. The Bertz CT molecular complexity index is 649. The lowest BCUT2D eigenvalue weighted by molar-refractivity contribution is -0.138. The van der Waals surface area contributed by atoms with Crippen molar-refractivity contribution in [3.63, 3.8) is 0 Å². The number of halogens is 3. The van der Waals surface area contributed by atoms with E-state index in [0.29, 0.717) is 10.7 Å². The van der Waals surface area contributed by atoms with Crippen LogP contribution in [0.5, 0.6) is 0 Å². The van der Waals surface area contributed by atoms with E-state index in [2.05, 4.69) is 5.32 Å². The molecule has 20 heavy (non-hydrogen) atoms. The standard InChI is InChI=1S/C14H10Cl2FNO2/c15-8-2-1-3-10(6-8)18-13(14(19)20)11-5-4-9(16)7-12(11)17/h1-7,13,18H,(H,19,20). The van der Waals surface area contributed by atoms with Gasteiger partial charge in [0.1, 0.15) is 5.82 Å². The predicted molar refractivity (Wildman–Crippen MR) is 76.9 cm³/mol. The van der Waals surface area contributed by atoms with Crippen molar-refractivity contribution < 1.29 is 14.3 Å². The Hall–Kier alpha value is -1.78. The van der Waals surface area contributed by atoms with Crippen molar-refractivity contribution in [2.75, 3.05) is 5.32 Å². The predicted octanol–water partition coefficient (Wildman–Crippen LogP) is 4.37. The molecule has 0 aliphatic rings. The van der Waals surface area contributed by atoms with Crippen LogP contribution in [0.3, 0.4) is 0 Å². The Kier molecular flexibility index (Phi) is 4.47. The topological polar surface area (TPSA) is 49.3 Å². The highest BCUT2D eigenvalue weighted by Gasteiger charge is 2.23. The Morgan fingerprint density at radius 1 is 1.15 bits per heavy atom. The molecule has 0 aliphatic carbocycles. The number of nitrogens with one attached hydrogen (secondary N) is 1. The van der Waals surface area contributed by atoms with E-state index in [0.717, 1.165) is 6.07 Å². The molecule has 3 nitrogen and oxygen atoms in total. The summed E-state index contributed by atoms with van der Waals surface area (Å²) < 4.78 is 13.8. The van der Waals surface area contributed by atoms with E-state index in [1.54, 1.807) is 24.3 Å². The zero-order valence-corrected chi connectivity index (χ0v) is 11.6. The van der Waals surface area contributed by atoms with Gasteiger partial charge >= 0.3 is 5.97 Å². The first-order chi connectivity index (χ1) is 9.47. The third-order valence-corrected chi connectivity index (χ3v) is 3.13. The average molecular weight is 314 g/mol. The van der Waals surface area contributed by atoms with E-state index in [4.69, 9.17) is 23.2 Å². The minimum atomic E-state index is -1.23. The van der Waals surface area contributed by atoms with Crippen LogP contribution in [0.1, 0.15) is 11.6 Å². The second-order valence-corrected chi connectivity index (χ2v) is 4.96. The molecule has 2 rings (SSSR count). The van der Waals surface area contributed by atoms with Crippen molar-refractivity contribution in [2.24, 2.45) is 0 Å². The summed E-state index contributed by atoms with van der Waals surface area (Å²) >= 11 is 11.5. The first kappa shape index (κ1) is 14.6. The molecule has 0 saturated heterocycles. The minimum absolute atomic E-state index is 0.00174. The van der Waals surface area contributed by atoms with Gasteiger partial charge in [-0.15, -0.1) is 0 Å². The van der Waals surface area contributed by atoms with Gasteiger partial charge in [-0.3, -0.25) is 0 Å². The van der Waals surface area contributed by atoms with Crippen LogP contribution in [0.2, 0.25) is 10.0 Å². The molecule has 0 spiro atoms. The monoisotopic (exact) mass is 313 g/mol. The zero-order valence-electron chi connectivity index (χ0n) is 10.1. The molecule has 1 atom stereocenters. The van der Waals surface area contributed by atoms with Crippen molar-refractivity contribution in [1.29, 1.82) is 0 Å². The fourth-order valence-corrected chi connectivity index (χ4v) is 2.10. The second-order valence-electron chi connectivity index (χ2n) is 4.09. The van der Waals surface area contributed by atoms with Gasteiger partial charge in [0.15, 0.2) is 6.04 Å². The van der Waals surface area contributed by atoms with Crippen LogP contribution in [-0.2, 0) is 4.79 Å². The quantitative estimate of drug-likeness (QED) is 0.881. The molecule has 0 amide bonds. The van der Waals surface area contributed by atoms with E-state index in [-0.39, 0.29) is 10.6 Å². The smallest absolute Gasteiger partial charge is 0.330 e. The van der Waals surface area contributed by atoms with Gasteiger partial charge in [0, 0.05) is 21.3 Å². The van der Waals surface area contributed by atoms with Crippen LogP contribution in [0.25, 0.3) is 0 Å². The first-order valence-electron chi connectivity index (χ1n) is 5.67. The molecule has 1 unspecified atom stereocenters. The largest absolute Gasteiger partial charge is 0.479 e. The molecule has 0 saturated carbocycles. The van der Waals surface area contributed by atoms with Gasteiger partial charge < -0.3 is 10.4 Å². The average Bonchev–Trinajstić information content (AvgIpc) is 2.36. The summed E-state index contributed by atoms with van der Waals surface area (Å²) in [5.74, 6) is -1.88. The molecule has 0 fully saturated rings. The fraction of sp³-hybridized carbons (Fsp3) is 0.0714. The highest BCUT2D eigenvalue weighted by Crippen LogP contribution is 2.25. The number of hydrogen-bond donors (Lipinski definition) is 2. The maximum Gasteiger partial charge on any atom is 0.330 e. The van der Waals surface area contributed by atoms with E-state index >= 15 is 0 Å². The summed E-state index contributed by atoms with van der Waals surface area (Å²) in [6.45, 7) is 0. The van der Waals surface area contributed by atoms with Crippen molar-refractivity contribution in [3.8, 4) is 0 Å². The Labute approximate surface area is 124 Å². The molecule has 0 radical (unpaired) electrons. The maximum absolute atomic E-state index is 13.8. The highest BCUT2D eigenvalue weighted by atomic mass is 35.5. The molecule has 2 aromatic carbocycles.